The van der Waals surface area contributed by atoms with Gasteiger partial charge in [0.25, 0.3) is 0 Å². The molecule has 0 spiro atoms. The molecule has 0 fully saturated rings. The lowest BCUT2D eigenvalue weighted by Gasteiger charge is -2.15. The molecule has 148 valence electrons. The first-order valence-corrected chi connectivity index (χ1v) is 9.76. The zero-order valence-electron chi connectivity index (χ0n) is 16.0. The van der Waals surface area contributed by atoms with Crippen molar-refractivity contribution in [3.63, 3.8) is 0 Å². The molecule has 1 N–H and O–H groups in total. The Balaban J connectivity index is 1.74. The number of fused-ring (bicyclic) bond motifs is 4. The van der Waals surface area contributed by atoms with Crippen molar-refractivity contribution in [1.29, 1.82) is 0 Å². The van der Waals surface area contributed by atoms with Gasteiger partial charge in [-0.15, -0.1) is 0 Å². The minimum atomic E-state index is -1.07. The van der Waals surface area contributed by atoms with Crippen LogP contribution < -0.4 is 0 Å². The Kier molecular flexibility index (Phi) is 4.31. The first-order valence-electron chi connectivity index (χ1n) is 9.76. The van der Waals surface area contributed by atoms with E-state index in [-0.39, 0.29) is 11.4 Å². The van der Waals surface area contributed by atoms with E-state index in [1.165, 1.54) is 30.3 Å². The maximum absolute atomic E-state index is 13.8. The third-order valence-electron chi connectivity index (χ3n) is 5.67. The maximum Gasteiger partial charge on any atom is 0.336 e. The number of aromatic nitrogens is 1. The van der Waals surface area contributed by atoms with Crippen LogP contribution in [0.15, 0.2) is 60.7 Å². The summed E-state index contributed by atoms with van der Waals surface area (Å²) in [6.07, 6.45) is 2.08. The van der Waals surface area contributed by atoms with Gasteiger partial charge in [-0.25, -0.2) is 18.6 Å². The van der Waals surface area contributed by atoms with Gasteiger partial charge in [0.15, 0.2) is 0 Å². The van der Waals surface area contributed by atoms with Crippen LogP contribution in [0.3, 0.4) is 0 Å². The van der Waals surface area contributed by atoms with E-state index < -0.39 is 11.8 Å². The fraction of sp³-hybridized carbons (Fsp3) is 0.120. The van der Waals surface area contributed by atoms with Gasteiger partial charge in [-0.3, -0.25) is 0 Å². The minimum absolute atomic E-state index is 0.130. The average Bonchev–Trinajstić information content (AvgIpc) is 2.91. The predicted molar refractivity (Wildman–Crippen MR) is 112 cm³/mol. The molecule has 1 aromatic heterocycles. The number of nitrogens with zero attached hydrogens (tertiary/aromatic N) is 1. The smallest absolute Gasteiger partial charge is 0.336 e. The molecule has 0 aliphatic heterocycles. The molecule has 0 atom stereocenters. The molecular formula is C25H17F2NO2. The van der Waals surface area contributed by atoms with Crippen LogP contribution in [0.25, 0.3) is 33.3 Å². The van der Waals surface area contributed by atoms with Gasteiger partial charge in [-0.05, 0) is 71.8 Å². The fourth-order valence-electron chi connectivity index (χ4n) is 4.29. The highest BCUT2D eigenvalue weighted by Crippen LogP contribution is 2.38. The summed E-state index contributed by atoms with van der Waals surface area (Å²) in [5.74, 6) is -1.84. The predicted octanol–water partition coefficient (Wildman–Crippen LogP) is 6.03. The van der Waals surface area contributed by atoms with Crippen LogP contribution in [0.5, 0.6) is 0 Å². The Hall–Kier alpha value is -3.60. The number of benzene rings is 3. The van der Waals surface area contributed by atoms with Crippen LogP contribution >= 0.6 is 0 Å². The van der Waals surface area contributed by atoms with Gasteiger partial charge >= 0.3 is 5.97 Å². The van der Waals surface area contributed by atoms with Crippen molar-refractivity contribution in [2.75, 3.05) is 0 Å². The summed E-state index contributed by atoms with van der Waals surface area (Å²) in [5.41, 5.74) is 5.73. The molecule has 0 amide bonds. The highest BCUT2D eigenvalue weighted by atomic mass is 19.1. The van der Waals surface area contributed by atoms with Gasteiger partial charge in [0.05, 0.1) is 16.8 Å². The van der Waals surface area contributed by atoms with Crippen LogP contribution in [0, 0.1) is 11.6 Å². The van der Waals surface area contributed by atoms with Crippen LogP contribution in [0.4, 0.5) is 8.78 Å². The lowest BCUT2D eigenvalue weighted by molar-refractivity contribution is 0.0698. The quantitative estimate of drug-likeness (QED) is 0.446. The number of pyridine rings is 1. The molecule has 0 saturated heterocycles. The Morgan fingerprint density at radius 1 is 0.867 bits per heavy atom. The van der Waals surface area contributed by atoms with Crippen molar-refractivity contribution in [2.45, 2.75) is 19.3 Å². The van der Waals surface area contributed by atoms with Crippen molar-refractivity contribution >= 4 is 16.9 Å². The normalized spacial score (nSPS) is 12.9. The van der Waals surface area contributed by atoms with E-state index in [2.05, 4.69) is 6.07 Å². The molecule has 0 radical (unpaired) electrons. The van der Waals surface area contributed by atoms with Gasteiger partial charge < -0.3 is 5.11 Å². The second kappa shape index (κ2) is 7.02. The molecule has 30 heavy (non-hydrogen) atoms. The number of hydrogen-bond acceptors (Lipinski definition) is 2. The van der Waals surface area contributed by atoms with Gasteiger partial charge in [0.2, 0.25) is 0 Å². The molecule has 5 heteroatoms. The van der Waals surface area contributed by atoms with E-state index in [4.69, 9.17) is 4.98 Å². The Morgan fingerprint density at radius 2 is 1.60 bits per heavy atom. The topological polar surface area (TPSA) is 50.2 Å². The van der Waals surface area contributed by atoms with Gasteiger partial charge in [-0.2, -0.15) is 0 Å². The molecule has 4 aromatic rings. The zero-order valence-corrected chi connectivity index (χ0v) is 16.0. The van der Waals surface area contributed by atoms with Gasteiger partial charge in [-0.1, -0.05) is 30.3 Å². The first kappa shape index (κ1) is 18.4. The van der Waals surface area contributed by atoms with Crippen molar-refractivity contribution < 1.29 is 18.7 Å². The molecule has 3 aromatic carbocycles. The summed E-state index contributed by atoms with van der Waals surface area (Å²) in [6.45, 7) is 0. The third-order valence-corrected chi connectivity index (χ3v) is 5.67. The Morgan fingerprint density at radius 3 is 2.37 bits per heavy atom. The zero-order chi connectivity index (χ0) is 20.8. The molecule has 3 nitrogen and oxygen atoms in total. The second-order valence-electron chi connectivity index (χ2n) is 7.51. The highest BCUT2D eigenvalue weighted by molar-refractivity contribution is 6.06. The van der Waals surface area contributed by atoms with E-state index in [0.29, 0.717) is 28.6 Å². The third kappa shape index (κ3) is 3.03. The molecular weight excluding hydrogens is 384 g/mol. The van der Waals surface area contributed by atoms with Crippen LogP contribution in [-0.4, -0.2) is 16.1 Å². The summed E-state index contributed by atoms with van der Waals surface area (Å²) in [5, 5.41) is 10.2. The largest absolute Gasteiger partial charge is 0.478 e. The first-order chi connectivity index (χ1) is 14.5. The summed E-state index contributed by atoms with van der Waals surface area (Å²) in [4.78, 5) is 16.8. The summed E-state index contributed by atoms with van der Waals surface area (Å²) in [6, 6.07) is 16.4. The second-order valence-corrected chi connectivity index (χ2v) is 7.51. The number of rotatable bonds is 2. The molecule has 1 aliphatic rings. The van der Waals surface area contributed by atoms with Crippen molar-refractivity contribution in [2.24, 2.45) is 0 Å². The number of aromatic carboxylic acids is 1. The summed E-state index contributed by atoms with van der Waals surface area (Å²) in [7, 11) is 0. The van der Waals surface area contributed by atoms with E-state index in [9.17, 15) is 18.7 Å². The molecule has 0 unspecified atom stereocenters. The molecule has 5 rings (SSSR count). The maximum atomic E-state index is 13.8. The van der Waals surface area contributed by atoms with E-state index >= 15 is 0 Å². The van der Waals surface area contributed by atoms with E-state index in [0.717, 1.165) is 35.1 Å². The van der Waals surface area contributed by atoms with Crippen LogP contribution in [0.1, 0.15) is 27.9 Å². The van der Waals surface area contributed by atoms with Gasteiger partial charge in [0.1, 0.15) is 11.6 Å². The van der Waals surface area contributed by atoms with E-state index in [1.54, 1.807) is 12.1 Å². The highest BCUT2D eigenvalue weighted by Gasteiger charge is 2.25. The monoisotopic (exact) mass is 401 g/mol. The molecule has 1 aliphatic carbocycles. The van der Waals surface area contributed by atoms with Crippen molar-refractivity contribution in [3.8, 4) is 22.4 Å². The van der Waals surface area contributed by atoms with Crippen LogP contribution in [0.2, 0.25) is 0 Å². The Labute approximate surface area is 171 Å². The number of carbonyl (C=O) groups is 1. The lowest BCUT2D eigenvalue weighted by atomic mass is 9.93. The van der Waals surface area contributed by atoms with Gasteiger partial charge in [0, 0.05) is 10.9 Å². The summed E-state index contributed by atoms with van der Waals surface area (Å²) >= 11 is 0. The number of carboxylic acids is 1. The average molecular weight is 401 g/mol. The lowest BCUT2D eigenvalue weighted by Crippen LogP contribution is -2.07. The SMILES string of the molecule is O=C(O)c1c2c(nc3ccc(F)cc13)-c1ccc(-c3ccc(F)cc3)cc1CCC2. The fourth-order valence-corrected chi connectivity index (χ4v) is 4.29. The number of halogens is 2. The van der Waals surface area contributed by atoms with E-state index in [1.807, 2.05) is 12.1 Å². The summed E-state index contributed by atoms with van der Waals surface area (Å²) < 4.78 is 27.1. The standard InChI is InChI=1S/C25H17F2NO2/c26-17-7-4-14(5-8-17)15-6-10-19-16(12-15)2-1-3-20-23(25(29)30)21-13-18(27)9-11-22(21)28-24(19)20/h4-13H,1-3H2,(H,29,30). The molecule has 0 bridgehead atoms. The number of aryl methyl sites for hydroxylation is 1. The van der Waals surface area contributed by atoms with Crippen molar-refractivity contribution in [1.82, 2.24) is 4.98 Å². The number of hydrogen-bond donors (Lipinski definition) is 1. The Bertz CT molecular complexity index is 1310. The van der Waals surface area contributed by atoms with Crippen LogP contribution in [-0.2, 0) is 12.8 Å². The molecule has 1 heterocycles. The number of carboxylic acid groups (broad SMARTS) is 1. The minimum Gasteiger partial charge on any atom is -0.478 e. The molecule has 0 saturated carbocycles. The van der Waals surface area contributed by atoms with Crippen molar-refractivity contribution in [3.05, 3.63) is 89.0 Å².